The van der Waals surface area contributed by atoms with E-state index in [1.807, 2.05) is 0 Å². The Hall–Kier alpha value is -0.900. The molecule has 0 aromatic carbocycles. The van der Waals surface area contributed by atoms with E-state index >= 15 is 0 Å². The van der Waals surface area contributed by atoms with E-state index in [4.69, 9.17) is 0 Å². The normalized spacial score (nSPS) is 19.5. The maximum absolute atomic E-state index is 11.7. The molecular weight excluding hydrogens is 186 g/mol. The fraction of sp³-hybridized carbons (Fsp3) is 0.444. The molecule has 0 fully saturated rings. The van der Waals surface area contributed by atoms with E-state index in [9.17, 15) is 8.42 Å². The summed E-state index contributed by atoms with van der Waals surface area (Å²) in [5.41, 5.74) is 1.57. The van der Waals surface area contributed by atoms with Gasteiger partial charge in [-0.3, -0.25) is 4.98 Å². The van der Waals surface area contributed by atoms with Crippen molar-refractivity contribution in [3.63, 3.8) is 0 Å². The van der Waals surface area contributed by atoms with Crippen molar-refractivity contribution in [2.45, 2.75) is 24.7 Å². The average molecular weight is 197 g/mol. The molecule has 0 atom stereocenters. The van der Waals surface area contributed by atoms with Gasteiger partial charge in [0.05, 0.1) is 16.3 Å². The molecule has 1 aliphatic heterocycles. The number of hydrogen-bond acceptors (Lipinski definition) is 3. The zero-order chi connectivity index (χ0) is 9.47. The zero-order valence-corrected chi connectivity index (χ0v) is 8.26. The second-order valence-corrected chi connectivity index (χ2v) is 5.35. The number of aromatic nitrogens is 1. The number of hydrogen-bond donors (Lipinski definition) is 0. The highest BCUT2D eigenvalue weighted by molar-refractivity contribution is 7.91. The van der Waals surface area contributed by atoms with Crippen LogP contribution >= 0.6 is 0 Å². The number of pyridine rings is 1. The SMILES string of the molecule is Cc1nccc2c1S(=O)(=O)CCC2. The van der Waals surface area contributed by atoms with Crippen LogP contribution in [0.2, 0.25) is 0 Å². The van der Waals surface area contributed by atoms with Gasteiger partial charge in [-0.1, -0.05) is 0 Å². The van der Waals surface area contributed by atoms with Crippen molar-refractivity contribution in [3.05, 3.63) is 23.5 Å². The van der Waals surface area contributed by atoms with Gasteiger partial charge >= 0.3 is 0 Å². The van der Waals surface area contributed by atoms with Crippen LogP contribution in [0.1, 0.15) is 17.7 Å². The molecule has 3 nitrogen and oxygen atoms in total. The molecule has 0 N–H and O–H groups in total. The molecular formula is C9H11NO2S. The monoisotopic (exact) mass is 197 g/mol. The van der Waals surface area contributed by atoms with Gasteiger partial charge in [0.1, 0.15) is 0 Å². The Labute approximate surface area is 77.7 Å². The van der Waals surface area contributed by atoms with E-state index in [0.717, 1.165) is 18.4 Å². The minimum Gasteiger partial charge on any atom is -0.260 e. The number of rotatable bonds is 0. The van der Waals surface area contributed by atoms with Crippen molar-refractivity contribution in [2.75, 3.05) is 5.75 Å². The summed E-state index contributed by atoms with van der Waals surface area (Å²) in [5, 5.41) is 0. The summed E-state index contributed by atoms with van der Waals surface area (Å²) in [6, 6.07) is 1.80. The molecule has 13 heavy (non-hydrogen) atoms. The minimum atomic E-state index is -3.04. The number of aryl methyl sites for hydroxylation is 2. The molecule has 1 aliphatic rings. The van der Waals surface area contributed by atoms with E-state index in [-0.39, 0.29) is 5.75 Å². The molecule has 4 heteroatoms. The molecule has 0 spiro atoms. The standard InChI is InChI=1S/C9H11NO2S/c1-7-9-8(4-5-10-7)3-2-6-13(9,11)12/h4-5H,2-3,6H2,1H3. The van der Waals surface area contributed by atoms with Gasteiger partial charge < -0.3 is 0 Å². The molecule has 0 radical (unpaired) electrons. The van der Waals surface area contributed by atoms with Crippen LogP contribution in [0.25, 0.3) is 0 Å². The van der Waals surface area contributed by atoms with Crippen LogP contribution in [0.3, 0.4) is 0 Å². The minimum absolute atomic E-state index is 0.270. The van der Waals surface area contributed by atoms with Gasteiger partial charge in [0.15, 0.2) is 9.84 Å². The summed E-state index contributed by atoms with van der Waals surface area (Å²) in [6.07, 6.45) is 3.27. The van der Waals surface area contributed by atoms with Crippen LogP contribution in [0.15, 0.2) is 17.2 Å². The third-order valence-corrected chi connectivity index (χ3v) is 4.34. The molecule has 2 heterocycles. The third-order valence-electron chi connectivity index (χ3n) is 2.33. The Bertz CT molecular complexity index is 437. The number of sulfone groups is 1. The highest BCUT2D eigenvalue weighted by atomic mass is 32.2. The zero-order valence-electron chi connectivity index (χ0n) is 7.45. The van der Waals surface area contributed by atoms with Crippen molar-refractivity contribution < 1.29 is 8.42 Å². The van der Waals surface area contributed by atoms with Crippen molar-refractivity contribution in [1.82, 2.24) is 4.98 Å². The Morgan fingerprint density at radius 3 is 2.92 bits per heavy atom. The van der Waals surface area contributed by atoms with Gasteiger partial charge in [-0.25, -0.2) is 8.42 Å². The largest absolute Gasteiger partial charge is 0.260 e. The molecule has 2 rings (SSSR count). The van der Waals surface area contributed by atoms with Crippen LogP contribution in [0, 0.1) is 6.92 Å². The second-order valence-electron chi connectivity index (χ2n) is 3.31. The van der Waals surface area contributed by atoms with Crippen LogP contribution in [0.4, 0.5) is 0 Å². The fourth-order valence-corrected chi connectivity index (χ4v) is 3.58. The lowest BCUT2D eigenvalue weighted by molar-refractivity contribution is 0.584. The first-order valence-corrected chi connectivity index (χ1v) is 5.94. The molecule has 0 bridgehead atoms. The van der Waals surface area contributed by atoms with Crippen molar-refractivity contribution in [2.24, 2.45) is 0 Å². The topological polar surface area (TPSA) is 47.0 Å². The predicted octanol–water partition coefficient (Wildman–Crippen LogP) is 1.11. The lowest BCUT2D eigenvalue weighted by Crippen LogP contribution is -2.18. The van der Waals surface area contributed by atoms with E-state index in [0.29, 0.717) is 10.6 Å². The first kappa shape index (κ1) is 8.69. The van der Waals surface area contributed by atoms with Crippen LogP contribution in [-0.2, 0) is 16.3 Å². The second kappa shape index (κ2) is 2.80. The van der Waals surface area contributed by atoms with Crippen molar-refractivity contribution in [3.8, 4) is 0 Å². The van der Waals surface area contributed by atoms with Gasteiger partial charge in [0, 0.05) is 6.20 Å². The molecule has 1 aromatic rings. The molecule has 0 unspecified atom stereocenters. The van der Waals surface area contributed by atoms with E-state index in [2.05, 4.69) is 4.98 Å². The summed E-state index contributed by atoms with van der Waals surface area (Å²) >= 11 is 0. The molecule has 1 aromatic heterocycles. The Morgan fingerprint density at radius 1 is 1.46 bits per heavy atom. The maximum atomic E-state index is 11.7. The molecule has 0 amide bonds. The fourth-order valence-electron chi connectivity index (χ4n) is 1.78. The number of nitrogens with zero attached hydrogens (tertiary/aromatic N) is 1. The predicted molar refractivity (Wildman–Crippen MR) is 49.3 cm³/mol. The maximum Gasteiger partial charge on any atom is 0.180 e. The molecule has 0 saturated heterocycles. The van der Waals surface area contributed by atoms with Crippen LogP contribution in [0.5, 0.6) is 0 Å². The number of fused-ring (bicyclic) bond motifs is 1. The lowest BCUT2D eigenvalue weighted by Gasteiger charge is -2.16. The van der Waals surface area contributed by atoms with Crippen LogP contribution < -0.4 is 0 Å². The van der Waals surface area contributed by atoms with Gasteiger partial charge in [0.25, 0.3) is 0 Å². The van der Waals surface area contributed by atoms with Gasteiger partial charge in [-0.15, -0.1) is 0 Å². The summed E-state index contributed by atoms with van der Waals surface area (Å²) < 4.78 is 23.3. The summed E-state index contributed by atoms with van der Waals surface area (Å²) in [7, 11) is -3.04. The quantitative estimate of drug-likeness (QED) is 0.626. The van der Waals surface area contributed by atoms with Crippen molar-refractivity contribution >= 4 is 9.84 Å². The summed E-state index contributed by atoms with van der Waals surface area (Å²) in [6.45, 7) is 1.75. The first-order chi connectivity index (χ1) is 6.11. The first-order valence-electron chi connectivity index (χ1n) is 4.28. The Kier molecular flexibility index (Phi) is 1.87. The summed E-state index contributed by atoms with van der Waals surface area (Å²) in [5.74, 6) is 0.270. The van der Waals surface area contributed by atoms with E-state index in [1.54, 1.807) is 19.2 Å². The highest BCUT2D eigenvalue weighted by Crippen LogP contribution is 2.26. The van der Waals surface area contributed by atoms with Crippen LogP contribution in [-0.4, -0.2) is 19.2 Å². The van der Waals surface area contributed by atoms with E-state index in [1.165, 1.54) is 0 Å². The molecule has 0 saturated carbocycles. The molecule has 0 aliphatic carbocycles. The summed E-state index contributed by atoms with van der Waals surface area (Å²) in [4.78, 5) is 4.48. The van der Waals surface area contributed by atoms with Gasteiger partial charge in [-0.2, -0.15) is 0 Å². The van der Waals surface area contributed by atoms with Crippen molar-refractivity contribution in [1.29, 1.82) is 0 Å². The Balaban J connectivity index is 2.75. The van der Waals surface area contributed by atoms with Gasteiger partial charge in [-0.05, 0) is 31.4 Å². The Morgan fingerprint density at radius 2 is 2.23 bits per heavy atom. The van der Waals surface area contributed by atoms with E-state index < -0.39 is 9.84 Å². The van der Waals surface area contributed by atoms with Gasteiger partial charge in [0.2, 0.25) is 0 Å². The smallest absolute Gasteiger partial charge is 0.180 e. The lowest BCUT2D eigenvalue weighted by atomic mass is 10.1. The molecule has 70 valence electrons. The highest BCUT2D eigenvalue weighted by Gasteiger charge is 2.25. The third kappa shape index (κ3) is 1.35. The average Bonchev–Trinajstić information content (AvgIpc) is 2.02.